The molecule has 198 valence electrons. The van der Waals surface area contributed by atoms with Gasteiger partial charge in [0.2, 0.25) is 0 Å². The van der Waals surface area contributed by atoms with Gasteiger partial charge in [0.25, 0.3) is 11.8 Å². The van der Waals surface area contributed by atoms with Crippen LogP contribution in [0.5, 0.6) is 0 Å². The predicted molar refractivity (Wildman–Crippen MR) is 148 cm³/mol. The number of benzene rings is 1. The Morgan fingerprint density at radius 3 is 2.59 bits per heavy atom. The van der Waals surface area contributed by atoms with E-state index < -0.39 is 5.92 Å². The summed E-state index contributed by atoms with van der Waals surface area (Å²) in [7, 11) is 0. The van der Waals surface area contributed by atoms with Crippen molar-refractivity contribution in [3.05, 3.63) is 46.5 Å². The molecule has 0 radical (unpaired) electrons. The van der Waals surface area contributed by atoms with Gasteiger partial charge in [-0.15, -0.1) is 11.8 Å². The van der Waals surface area contributed by atoms with Crippen molar-refractivity contribution in [3.63, 3.8) is 0 Å². The van der Waals surface area contributed by atoms with Crippen molar-refractivity contribution in [2.75, 3.05) is 26.0 Å². The van der Waals surface area contributed by atoms with Crippen LogP contribution in [0.1, 0.15) is 61.6 Å². The Morgan fingerprint density at radius 2 is 1.92 bits per heavy atom. The van der Waals surface area contributed by atoms with Crippen LogP contribution in [0.15, 0.2) is 40.2 Å². The summed E-state index contributed by atoms with van der Waals surface area (Å²) in [4.78, 5) is 31.2. The van der Waals surface area contributed by atoms with E-state index in [-0.39, 0.29) is 30.5 Å². The molecule has 2 aromatic rings. The van der Waals surface area contributed by atoms with E-state index in [2.05, 4.69) is 27.9 Å². The molecule has 0 bridgehead atoms. The highest BCUT2D eigenvalue weighted by atomic mass is 32.2. The lowest BCUT2D eigenvalue weighted by molar-refractivity contribution is -0.162. The Hall–Kier alpha value is -2.42. The van der Waals surface area contributed by atoms with Crippen LogP contribution in [-0.4, -0.2) is 60.3 Å². The number of hydrogen-bond donors (Lipinski definition) is 1. The van der Waals surface area contributed by atoms with Crippen LogP contribution in [0.3, 0.4) is 0 Å². The lowest BCUT2D eigenvalue weighted by Crippen LogP contribution is -2.40. The van der Waals surface area contributed by atoms with Crippen molar-refractivity contribution in [3.8, 4) is 0 Å². The molecule has 1 unspecified atom stereocenters. The standard InChI is InChI=1S/C29H37N3O4S/c1-17-13-26(37-4)24(28(33)31-17)14-30-29(34)27-19(3)32(25-8-6-5-7-23(25)27)18(2)20-9-11-21(12-10-20)36-22-15-35-16-22/h5-8,13,18,20-22,24H,9-12,14-16H2,1-4H3,(H,30,34)/t18-,20?,21?,24?/m1/s1. The van der Waals surface area contributed by atoms with Crippen molar-refractivity contribution in [2.24, 2.45) is 16.8 Å². The van der Waals surface area contributed by atoms with Crippen LogP contribution in [0.2, 0.25) is 0 Å². The van der Waals surface area contributed by atoms with E-state index in [0.717, 1.165) is 60.4 Å². The maximum atomic E-state index is 13.6. The minimum Gasteiger partial charge on any atom is -0.376 e. The molecule has 2 amide bonds. The number of carbonyl (C=O) groups excluding carboxylic acids is 2. The third-order valence-electron chi connectivity index (χ3n) is 8.17. The Balaban J connectivity index is 1.33. The van der Waals surface area contributed by atoms with Gasteiger partial charge < -0.3 is 19.4 Å². The lowest BCUT2D eigenvalue weighted by atomic mass is 9.82. The number of allylic oxidation sites excluding steroid dienone is 1. The van der Waals surface area contributed by atoms with E-state index >= 15 is 0 Å². The summed E-state index contributed by atoms with van der Waals surface area (Å²) < 4.78 is 13.8. The molecular formula is C29H37N3O4S. The molecule has 3 heterocycles. The third-order valence-corrected chi connectivity index (χ3v) is 9.04. The number of aliphatic imine (C=N–C) groups is 1. The fraction of sp³-hybridized carbons (Fsp3) is 0.552. The van der Waals surface area contributed by atoms with Gasteiger partial charge in [-0.3, -0.25) is 9.59 Å². The smallest absolute Gasteiger partial charge is 0.255 e. The van der Waals surface area contributed by atoms with E-state index in [1.54, 1.807) is 0 Å². The molecule has 37 heavy (non-hydrogen) atoms. The average Bonchev–Trinajstić information content (AvgIpc) is 3.16. The predicted octanol–water partition coefficient (Wildman–Crippen LogP) is 5.08. The molecule has 7 nitrogen and oxygen atoms in total. The highest BCUT2D eigenvalue weighted by molar-refractivity contribution is 8.02. The summed E-state index contributed by atoms with van der Waals surface area (Å²) in [6.45, 7) is 7.85. The monoisotopic (exact) mass is 523 g/mol. The molecule has 1 N–H and O–H groups in total. The number of nitrogens with one attached hydrogen (secondary N) is 1. The third kappa shape index (κ3) is 5.29. The van der Waals surface area contributed by atoms with Crippen molar-refractivity contribution >= 4 is 40.2 Å². The largest absolute Gasteiger partial charge is 0.376 e. The Kier molecular flexibility index (Phi) is 7.88. The number of fused-ring (bicyclic) bond motifs is 1. The molecule has 2 fully saturated rings. The van der Waals surface area contributed by atoms with E-state index in [0.29, 0.717) is 23.3 Å². The zero-order chi connectivity index (χ0) is 26.1. The Morgan fingerprint density at radius 1 is 1.19 bits per heavy atom. The van der Waals surface area contributed by atoms with Crippen LogP contribution in [0, 0.1) is 18.8 Å². The van der Waals surface area contributed by atoms with Crippen LogP contribution in [-0.2, 0) is 14.3 Å². The van der Waals surface area contributed by atoms with Crippen molar-refractivity contribution in [1.29, 1.82) is 0 Å². The molecule has 0 spiro atoms. The lowest BCUT2D eigenvalue weighted by Gasteiger charge is -2.37. The number of rotatable bonds is 8. The molecule has 5 rings (SSSR count). The number of nitrogens with zero attached hydrogens (tertiary/aromatic N) is 2. The molecule has 1 aromatic heterocycles. The second-order valence-electron chi connectivity index (χ2n) is 10.5. The van der Waals surface area contributed by atoms with E-state index in [9.17, 15) is 9.59 Å². The van der Waals surface area contributed by atoms with Crippen molar-refractivity contribution in [2.45, 2.75) is 64.7 Å². The topological polar surface area (TPSA) is 81.9 Å². The molecule has 1 aliphatic carbocycles. The summed E-state index contributed by atoms with van der Waals surface area (Å²) in [6, 6.07) is 8.42. The molecule has 1 aromatic carbocycles. The molecular weight excluding hydrogens is 486 g/mol. The summed E-state index contributed by atoms with van der Waals surface area (Å²) in [5.74, 6) is -0.238. The second-order valence-corrected chi connectivity index (χ2v) is 11.4. The Bertz CT molecular complexity index is 1240. The van der Waals surface area contributed by atoms with Crippen LogP contribution < -0.4 is 5.32 Å². The van der Waals surface area contributed by atoms with Gasteiger partial charge in [0.1, 0.15) is 6.10 Å². The SMILES string of the molecule is CSC1=CC(C)=NC(=O)C1CNC(=O)c1c(C)n([C@H](C)C2CCC(OC3COC3)CC2)c2ccccc12. The van der Waals surface area contributed by atoms with Gasteiger partial charge in [-0.05, 0) is 70.8 Å². The van der Waals surface area contributed by atoms with Gasteiger partial charge >= 0.3 is 0 Å². The maximum absolute atomic E-state index is 13.6. The van der Waals surface area contributed by atoms with Gasteiger partial charge in [0.15, 0.2) is 0 Å². The van der Waals surface area contributed by atoms with Crippen LogP contribution in [0.4, 0.5) is 0 Å². The molecule has 2 aliphatic heterocycles. The molecule has 3 aliphatic rings. The number of para-hydroxylation sites is 1. The molecule has 1 saturated carbocycles. The van der Waals surface area contributed by atoms with Crippen LogP contribution >= 0.6 is 11.8 Å². The fourth-order valence-corrected chi connectivity index (χ4v) is 6.83. The van der Waals surface area contributed by atoms with E-state index in [4.69, 9.17) is 9.47 Å². The maximum Gasteiger partial charge on any atom is 0.255 e. The quantitative estimate of drug-likeness (QED) is 0.522. The number of aromatic nitrogens is 1. The Labute approximate surface area is 223 Å². The van der Waals surface area contributed by atoms with Gasteiger partial charge in [0, 0.05) is 39.8 Å². The zero-order valence-corrected chi connectivity index (χ0v) is 23.0. The highest BCUT2D eigenvalue weighted by Gasteiger charge is 2.33. The van der Waals surface area contributed by atoms with Crippen LogP contribution in [0.25, 0.3) is 10.9 Å². The normalized spacial score (nSPS) is 25.4. The highest BCUT2D eigenvalue weighted by Crippen LogP contribution is 2.39. The average molecular weight is 524 g/mol. The number of thioether (sulfide) groups is 1. The summed E-state index contributed by atoms with van der Waals surface area (Å²) in [6.07, 6.45) is 8.85. The number of ether oxygens (including phenoxy) is 2. The number of hydrogen-bond acceptors (Lipinski definition) is 5. The first-order chi connectivity index (χ1) is 17.9. The minimum absolute atomic E-state index is 0.140. The molecule has 2 atom stereocenters. The number of amides is 2. The first-order valence-corrected chi connectivity index (χ1v) is 14.6. The summed E-state index contributed by atoms with van der Waals surface area (Å²) in [5.41, 5.74) is 3.46. The summed E-state index contributed by atoms with van der Waals surface area (Å²) in [5, 5.41) is 4.01. The fourth-order valence-electron chi connectivity index (χ4n) is 6.07. The zero-order valence-electron chi connectivity index (χ0n) is 22.2. The van der Waals surface area contributed by atoms with E-state index in [1.807, 2.05) is 44.4 Å². The second kappa shape index (κ2) is 11.1. The van der Waals surface area contributed by atoms with Crippen molar-refractivity contribution < 1.29 is 19.1 Å². The van der Waals surface area contributed by atoms with Crippen molar-refractivity contribution in [1.82, 2.24) is 9.88 Å². The van der Waals surface area contributed by atoms with Gasteiger partial charge in [-0.1, -0.05) is 18.2 Å². The molecule has 1 saturated heterocycles. The first kappa shape index (κ1) is 26.2. The first-order valence-electron chi connectivity index (χ1n) is 13.3. The summed E-state index contributed by atoms with van der Waals surface area (Å²) >= 11 is 1.53. The van der Waals surface area contributed by atoms with E-state index in [1.165, 1.54) is 11.8 Å². The molecule has 8 heteroatoms. The van der Waals surface area contributed by atoms with Gasteiger partial charge in [-0.2, -0.15) is 0 Å². The number of dihydropyridines is 1. The number of carbonyl (C=O) groups is 2. The van der Waals surface area contributed by atoms with Gasteiger partial charge in [0.05, 0.1) is 30.8 Å². The van der Waals surface area contributed by atoms with Gasteiger partial charge in [-0.25, -0.2) is 4.99 Å². The minimum atomic E-state index is -0.431.